The molecule has 0 saturated carbocycles. The first-order valence-corrected chi connectivity index (χ1v) is 8.42. The van der Waals surface area contributed by atoms with Gasteiger partial charge in [-0.05, 0) is 24.6 Å². The molecule has 1 aliphatic rings. The van der Waals surface area contributed by atoms with Crippen molar-refractivity contribution in [3.8, 4) is 0 Å². The van der Waals surface area contributed by atoms with Gasteiger partial charge in [-0.25, -0.2) is 18.4 Å². The Morgan fingerprint density at radius 2 is 2.14 bits per heavy atom. The molecule has 1 saturated heterocycles. The molecule has 8 heteroatoms. The number of nitrogens with zero attached hydrogens (tertiary/aromatic N) is 1. The minimum Gasteiger partial charge on any atom is -0.465 e. The van der Waals surface area contributed by atoms with Crippen molar-refractivity contribution < 1.29 is 22.7 Å². The Hall–Kier alpha value is -1.93. The summed E-state index contributed by atoms with van der Waals surface area (Å²) in [5.74, 6) is -1.24. The lowest BCUT2D eigenvalue weighted by atomic mass is 10.1. The molecular weight excluding hydrogens is 308 g/mol. The van der Waals surface area contributed by atoms with Gasteiger partial charge in [-0.2, -0.15) is 0 Å². The van der Waals surface area contributed by atoms with Crippen molar-refractivity contribution in [3.63, 3.8) is 0 Å². The lowest BCUT2D eigenvalue weighted by Gasteiger charge is -2.18. The third-order valence-electron chi connectivity index (χ3n) is 3.61. The number of hydrogen-bond acceptors (Lipinski definition) is 5. The summed E-state index contributed by atoms with van der Waals surface area (Å²) in [4.78, 5) is 25.3. The molecule has 1 amide bonds. The molecule has 2 N–H and O–H groups in total. The van der Waals surface area contributed by atoms with Gasteiger partial charge >= 0.3 is 5.97 Å². The van der Waals surface area contributed by atoms with Crippen LogP contribution in [0.15, 0.2) is 18.2 Å². The van der Waals surface area contributed by atoms with Gasteiger partial charge < -0.3 is 9.64 Å². The SMILES string of the molecule is COC(=O)c1cc(N2CC(CS(N)(=O)=O)CC2=O)ccc1C. The van der Waals surface area contributed by atoms with Crippen molar-refractivity contribution >= 4 is 27.6 Å². The summed E-state index contributed by atoms with van der Waals surface area (Å²) in [6.07, 6.45) is 0.123. The van der Waals surface area contributed by atoms with Crippen LogP contribution >= 0.6 is 0 Å². The number of aryl methyl sites for hydroxylation is 1. The van der Waals surface area contributed by atoms with Crippen LogP contribution in [0.4, 0.5) is 5.69 Å². The summed E-state index contributed by atoms with van der Waals surface area (Å²) < 4.78 is 27.0. The number of sulfonamides is 1. The van der Waals surface area contributed by atoms with Crippen molar-refractivity contribution in [3.05, 3.63) is 29.3 Å². The summed E-state index contributed by atoms with van der Waals surface area (Å²) in [6, 6.07) is 5.03. The van der Waals surface area contributed by atoms with Crippen LogP contribution in [0.1, 0.15) is 22.3 Å². The molecule has 7 nitrogen and oxygen atoms in total. The highest BCUT2D eigenvalue weighted by atomic mass is 32.2. The quantitative estimate of drug-likeness (QED) is 0.807. The van der Waals surface area contributed by atoms with Gasteiger partial charge in [-0.15, -0.1) is 0 Å². The Labute approximate surface area is 129 Å². The predicted octanol–water partition coefficient (Wildman–Crippen LogP) is 0.423. The van der Waals surface area contributed by atoms with E-state index in [1.165, 1.54) is 12.0 Å². The summed E-state index contributed by atoms with van der Waals surface area (Å²) in [5, 5.41) is 5.03. The Morgan fingerprint density at radius 1 is 1.45 bits per heavy atom. The van der Waals surface area contributed by atoms with E-state index in [-0.39, 0.29) is 30.5 Å². The fourth-order valence-electron chi connectivity index (χ4n) is 2.58. The maximum atomic E-state index is 12.1. The van der Waals surface area contributed by atoms with Gasteiger partial charge in [0.2, 0.25) is 15.9 Å². The van der Waals surface area contributed by atoms with Crippen molar-refractivity contribution in [2.24, 2.45) is 11.1 Å². The normalized spacial score (nSPS) is 18.6. The maximum Gasteiger partial charge on any atom is 0.338 e. The van der Waals surface area contributed by atoms with Gasteiger partial charge in [0.25, 0.3) is 0 Å². The first-order valence-electron chi connectivity index (χ1n) is 6.71. The minimum absolute atomic E-state index is 0.123. The van der Waals surface area contributed by atoms with Crippen LogP contribution in [-0.2, 0) is 19.6 Å². The summed E-state index contributed by atoms with van der Waals surface area (Å²) in [7, 11) is -2.33. The van der Waals surface area contributed by atoms with Crippen molar-refractivity contribution in [2.45, 2.75) is 13.3 Å². The number of rotatable bonds is 4. The second-order valence-electron chi connectivity index (χ2n) is 5.39. The van der Waals surface area contributed by atoms with Crippen LogP contribution in [0.3, 0.4) is 0 Å². The van der Waals surface area contributed by atoms with E-state index in [0.717, 1.165) is 5.56 Å². The molecule has 1 heterocycles. The van der Waals surface area contributed by atoms with E-state index < -0.39 is 16.0 Å². The van der Waals surface area contributed by atoms with Gasteiger partial charge in [0, 0.05) is 24.6 Å². The van der Waals surface area contributed by atoms with Gasteiger partial charge in [0.05, 0.1) is 18.4 Å². The number of carbonyl (C=O) groups is 2. The fourth-order valence-corrected chi connectivity index (χ4v) is 3.46. The highest BCUT2D eigenvalue weighted by molar-refractivity contribution is 7.89. The zero-order chi connectivity index (χ0) is 16.5. The number of hydrogen-bond donors (Lipinski definition) is 1. The molecule has 2 rings (SSSR count). The number of esters is 1. The van der Waals surface area contributed by atoms with E-state index in [4.69, 9.17) is 9.88 Å². The molecule has 22 heavy (non-hydrogen) atoms. The summed E-state index contributed by atoms with van der Waals surface area (Å²) >= 11 is 0. The molecule has 1 fully saturated rings. The van der Waals surface area contributed by atoms with Gasteiger partial charge in [0.15, 0.2) is 0 Å². The molecule has 120 valence electrons. The Balaban J connectivity index is 2.25. The number of primary sulfonamides is 1. The highest BCUT2D eigenvalue weighted by Crippen LogP contribution is 2.27. The Kier molecular flexibility index (Phi) is 4.52. The average Bonchev–Trinajstić information content (AvgIpc) is 2.77. The average molecular weight is 326 g/mol. The van der Waals surface area contributed by atoms with E-state index >= 15 is 0 Å². The van der Waals surface area contributed by atoms with Crippen LogP contribution in [0.5, 0.6) is 0 Å². The molecule has 1 atom stereocenters. The number of carbonyl (C=O) groups excluding carboxylic acids is 2. The minimum atomic E-state index is -3.62. The topological polar surface area (TPSA) is 107 Å². The molecule has 0 aromatic heterocycles. The van der Waals surface area contributed by atoms with E-state index in [1.807, 2.05) is 0 Å². The van der Waals surface area contributed by atoms with Crippen LogP contribution in [0.2, 0.25) is 0 Å². The van der Waals surface area contributed by atoms with Crippen LogP contribution in [0.25, 0.3) is 0 Å². The standard InChI is InChI=1S/C14H18N2O5S/c1-9-3-4-11(6-12(9)14(18)21-2)16-7-10(5-13(16)17)8-22(15,19)20/h3-4,6,10H,5,7-8H2,1-2H3,(H2,15,19,20). The van der Waals surface area contributed by atoms with Crippen molar-refractivity contribution in [1.82, 2.24) is 0 Å². The molecular formula is C14H18N2O5S. The zero-order valence-corrected chi connectivity index (χ0v) is 13.2. The number of benzene rings is 1. The molecule has 1 aliphatic heterocycles. The second kappa shape index (κ2) is 6.05. The number of methoxy groups -OCH3 is 1. The third-order valence-corrected chi connectivity index (χ3v) is 4.55. The molecule has 0 aliphatic carbocycles. The highest BCUT2D eigenvalue weighted by Gasteiger charge is 2.33. The monoisotopic (exact) mass is 326 g/mol. The molecule has 0 bridgehead atoms. The van der Waals surface area contributed by atoms with E-state index in [1.54, 1.807) is 25.1 Å². The molecule has 0 spiro atoms. The largest absolute Gasteiger partial charge is 0.465 e. The van der Waals surface area contributed by atoms with Crippen molar-refractivity contribution in [1.29, 1.82) is 0 Å². The van der Waals surface area contributed by atoms with Crippen LogP contribution in [-0.4, -0.2) is 39.7 Å². The molecule has 1 aromatic carbocycles. The van der Waals surface area contributed by atoms with Gasteiger partial charge in [-0.1, -0.05) is 6.07 Å². The number of amides is 1. The van der Waals surface area contributed by atoms with Gasteiger partial charge in [0.1, 0.15) is 0 Å². The first-order chi connectivity index (χ1) is 10.2. The van der Waals surface area contributed by atoms with Crippen LogP contribution < -0.4 is 10.0 Å². The molecule has 0 radical (unpaired) electrons. The maximum absolute atomic E-state index is 12.1. The lowest BCUT2D eigenvalue weighted by molar-refractivity contribution is -0.117. The summed E-state index contributed by atoms with van der Waals surface area (Å²) in [5.41, 5.74) is 1.67. The summed E-state index contributed by atoms with van der Waals surface area (Å²) in [6.45, 7) is 2.03. The fraction of sp³-hybridized carbons (Fsp3) is 0.429. The van der Waals surface area contributed by atoms with Gasteiger partial charge in [-0.3, -0.25) is 4.79 Å². The lowest BCUT2D eigenvalue weighted by Crippen LogP contribution is -2.27. The Bertz CT molecular complexity index is 714. The second-order valence-corrected chi connectivity index (χ2v) is 7.05. The van der Waals surface area contributed by atoms with Crippen molar-refractivity contribution in [2.75, 3.05) is 24.3 Å². The smallest absolute Gasteiger partial charge is 0.338 e. The van der Waals surface area contributed by atoms with E-state index in [2.05, 4.69) is 0 Å². The van der Waals surface area contributed by atoms with Crippen LogP contribution in [0, 0.1) is 12.8 Å². The zero-order valence-electron chi connectivity index (χ0n) is 12.4. The molecule has 1 aromatic rings. The van der Waals surface area contributed by atoms with E-state index in [0.29, 0.717) is 11.3 Å². The number of ether oxygens (including phenoxy) is 1. The predicted molar refractivity (Wildman–Crippen MR) is 81.0 cm³/mol. The molecule has 1 unspecified atom stereocenters. The third kappa shape index (κ3) is 3.63. The number of anilines is 1. The Morgan fingerprint density at radius 3 is 2.73 bits per heavy atom. The van der Waals surface area contributed by atoms with E-state index in [9.17, 15) is 18.0 Å². The number of nitrogens with two attached hydrogens (primary N) is 1. The first kappa shape index (κ1) is 16.4.